The van der Waals surface area contributed by atoms with Crippen LogP contribution in [0.15, 0.2) is 41.7 Å². The first kappa shape index (κ1) is 19.4. The van der Waals surface area contributed by atoms with Crippen LogP contribution < -0.4 is 16.0 Å². The third-order valence-electron chi connectivity index (χ3n) is 2.81. The molecule has 23 heavy (non-hydrogen) atoms. The lowest BCUT2D eigenvalue weighted by Gasteiger charge is -2.11. The molecule has 0 aliphatic rings. The van der Waals surface area contributed by atoms with Crippen molar-refractivity contribution < 1.29 is 4.79 Å². The maximum atomic E-state index is 11.8. The Labute approximate surface area is 156 Å². The summed E-state index contributed by atoms with van der Waals surface area (Å²) >= 11 is 1.73. The van der Waals surface area contributed by atoms with Gasteiger partial charge in [-0.05, 0) is 31.2 Å². The second-order valence-electron chi connectivity index (χ2n) is 4.58. The molecule has 0 aliphatic heterocycles. The van der Waals surface area contributed by atoms with Crippen molar-refractivity contribution in [3.63, 3.8) is 0 Å². The highest BCUT2D eigenvalue weighted by Gasteiger charge is 2.05. The van der Waals surface area contributed by atoms with E-state index < -0.39 is 0 Å². The molecule has 0 saturated heterocycles. The molecule has 2 rings (SSSR count). The lowest BCUT2D eigenvalue weighted by Crippen LogP contribution is -2.40. The van der Waals surface area contributed by atoms with E-state index in [9.17, 15) is 4.79 Å². The van der Waals surface area contributed by atoms with Crippen molar-refractivity contribution >= 4 is 52.9 Å². The van der Waals surface area contributed by atoms with Crippen LogP contribution in [0.2, 0.25) is 0 Å². The van der Waals surface area contributed by atoms with Gasteiger partial charge in [0.25, 0.3) is 0 Å². The zero-order valence-electron chi connectivity index (χ0n) is 13.0. The largest absolute Gasteiger partial charge is 0.352 e. The van der Waals surface area contributed by atoms with Gasteiger partial charge >= 0.3 is 0 Å². The number of hydrogen-bond donors (Lipinski definition) is 3. The van der Waals surface area contributed by atoms with Crippen molar-refractivity contribution in [1.82, 2.24) is 15.6 Å². The van der Waals surface area contributed by atoms with E-state index in [-0.39, 0.29) is 36.4 Å². The molecule has 8 heteroatoms. The van der Waals surface area contributed by atoms with Crippen LogP contribution in [0.5, 0.6) is 0 Å². The fourth-order valence-electron chi connectivity index (χ4n) is 1.78. The molecule has 3 N–H and O–H groups in total. The maximum absolute atomic E-state index is 11.8. The number of halogens is 1. The SMILES string of the molecule is CN=C(NCC(=O)Nc1cccnc1)NCc1ccc(C)s1.I. The van der Waals surface area contributed by atoms with Crippen LogP contribution in [0.1, 0.15) is 9.75 Å². The van der Waals surface area contributed by atoms with Gasteiger partial charge < -0.3 is 16.0 Å². The topological polar surface area (TPSA) is 78.4 Å². The molecule has 124 valence electrons. The number of rotatable bonds is 5. The Bertz CT molecular complexity index is 644. The highest BCUT2D eigenvalue weighted by atomic mass is 127. The van der Waals surface area contributed by atoms with Crippen LogP contribution in [0.4, 0.5) is 5.69 Å². The summed E-state index contributed by atoms with van der Waals surface area (Å²) in [6.45, 7) is 2.89. The summed E-state index contributed by atoms with van der Waals surface area (Å²) < 4.78 is 0. The van der Waals surface area contributed by atoms with Gasteiger partial charge in [0.05, 0.1) is 25.0 Å². The number of amides is 1. The number of hydrogen-bond acceptors (Lipinski definition) is 4. The van der Waals surface area contributed by atoms with Gasteiger partial charge in [0.2, 0.25) is 5.91 Å². The first-order valence-electron chi connectivity index (χ1n) is 6.87. The Morgan fingerprint density at radius 2 is 2.13 bits per heavy atom. The van der Waals surface area contributed by atoms with E-state index in [1.54, 1.807) is 42.9 Å². The molecular formula is C15H20IN5OS. The first-order valence-corrected chi connectivity index (χ1v) is 7.69. The average Bonchev–Trinajstić information content (AvgIpc) is 2.94. The number of carbonyl (C=O) groups excluding carboxylic acids is 1. The lowest BCUT2D eigenvalue weighted by molar-refractivity contribution is -0.115. The zero-order chi connectivity index (χ0) is 15.8. The summed E-state index contributed by atoms with van der Waals surface area (Å²) in [6, 6.07) is 7.72. The zero-order valence-corrected chi connectivity index (χ0v) is 16.1. The van der Waals surface area contributed by atoms with Crippen LogP contribution in [0.25, 0.3) is 0 Å². The number of aromatic nitrogens is 1. The van der Waals surface area contributed by atoms with E-state index >= 15 is 0 Å². The van der Waals surface area contributed by atoms with E-state index in [2.05, 4.69) is 45.0 Å². The second kappa shape index (κ2) is 10.2. The highest BCUT2D eigenvalue weighted by molar-refractivity contribution is 14.0. The number of carbonyl (C=O) groups is 1. The minimum Gasteiger partial charge on any atom is -0.352 e. The van der Waals surface area contributed by atoms with E-state index in [0.717, 1.165) is 0 Å². The molecule has 0 atom stereocenters. The highest BCUT2D eigenvalue weighted by Crippen LogP contribution is 2.14. The van der Waals surface area contributed by atoms with E-state index in [1.165, 1.54) is 9.75 Å². The van der Waals surface area contributed by atoms with Gasteiger partial charge in [0, 0.05) is 23.0 Å². The summed E-state index contributed by atoms with van der Waals surface area (Å²) in [4.78, 5) is 22.4. The molecule has 0 spiro atoms. The molecule has 1 amide bonds. The number of guanidine groups is 1. The Morgan fingerprint density at radius 3 is 2.74 bits per heavy atom. The third kappa shape index (κ3) is 6.95. The number of aryl methyl sites for hydroxylation is 1. The fourth-order valence-corrected chi connectivity index (χ4v) is 2.61. The summed E-state index contributed by atoms with van der Waals surface area (Å²) in [5.74, 6) is 0.440. The summed E-state index contributed by atoms with van der Waals surface area (Å²) in [6.07, 6.45) is 3.26. The van der Waals surface area contributed by atoms with Crippen molar-refractivity contribution in [3.05, 3.63) is 46.4 Å². The quantitative estimate of drug-likeness (QED) is 0.375. The normalized spacial score (nSPS) is 10.6. The Hall–Kier alpha value is -1.68. The fraction of sp³-hybridized carbons (Fsp3) is 0.267. The second-order valence-corrected chi connectivity index (χ2v) is 5.95. The lowest BCUT2D eigenvalue weighted by atomic mass is 10.4. The van der Waals surface area contributed by atoms with Crippen LogP contribution in [-0.4, -0.2) is 30.4 Å². The predicted molar refractivity (Wildman–Crippen MR) is 106 cm³/mol. The number of thiophene rings is 1. The molecule has 0 fully saturated rings. The molecule has 6 nitrogen and oxygen atoms in total. The predicted octanol–water partition coefficient (Wildman–Crippen LogP) is 2.37. The van der Waals surface area contributed by atoms with Gasteiger partial charge in [-0.1, -0.05) is 0 Å². The molecule has 0 bridgehead atoms. The minimum atomic E-state index is -0.150. The van der Waals surface area contributed by atoms with Gasteiger partial charge in [-0.25, -0.2) is 0 Å². The Morgan fingerprint density at radius 1 is 1.30 bits per heavy atom. The smallest absolute Gasteiger partial charge is 0.243 e. The third-order valence-corrected chi connectivity index (χ3v) is 3.81. The van der Waals surface area contributed by atoms with E-state index in [0.29, 0.717) is 18.2 Å². The standard InChI is InChI=1S/C15H19N5OS.HI/c1-11-5-6-13(22-11)9-18-15(16-2)19-10-14(21)20-12-4-3-7-17-8-12;/h3-8H,9-10H2,1-2H3,(H,20,21)(H2,16,18,19);1H. The molecule has 0 saturated carbocycles. The number of aliphatic imine (C=N–C) groups is 1. The van der Waals surface area contributed by atoms with Crippen LogP contribution in [-0.2, 0) is 11.3 Å². The molecule has 0 unspecified atom stereocenters. The summed E-state index contributed by atoms with van der Waals surface area (Å²) in [5.41, 5.74) is 0.673. The number of nitrogens with zero attached hydrogens (tertiary/aromatic N) is 2. The molecule has 0 aliphatic carbocycles. The number of anilines is 1. The van der Waals surface area contributed by atoms with Crippen LogP contribution in [0.3, 0.4) is 0 Å². The van der Waals surface area contributed by atoms with Gasteiger partial charge in [-0.3, -0.25) is 14.8 Å². The summed E-state index contributed by atoms with van der Waals surface area (Å²) in [5, 5.41) is 8.91. The minimum absolute atomic E-state index is 0. The monoisotopic (exact) mass is 445 g/mol. The molecule has 0 radical (unpaired) electrons. The summed E-state index contributed by atoms with van der Waals surface area (Å²) in [7, 11) is 1.67. The van der Waals surface area contributed by atoms with Gasteiger partial charge in [-0.2, -0.15) is 0 Å². The van der Waals surface area contributed by atoms with Gasteiger partial charge in [-0.15, -0.1) is 35.3 Å². The maximum Gasteiger partial charge on any atom is 0.243 e. The van der Waals surface area contributed by atoms with Crippen molar-refractivity contribution in [1.29, 1.82) is 0 Å². The van der Waals surface area contributed by atoms with Gasteiger partial charge in [0.1, 0.15) is 0 Å². The molecular weight excluding hydrogens is 425 g/mol. The molecule has 2 aromatic rings. The number of pyridine rings is 1. The van der Waals surface area contributed by atoms with Crippen molar-refractivity contribution in [2.75, 3.05) is 18.9 Å². The van der Waals surface area contributed by atoms with Gasteiger partial charge in [0.15, 0.2) is 5.96 Å². The van der Waals surface area contributed by atoms with Crippen molar-refractivity contribution in [2.24, 2.45) is 4.99 Å². The van der Waals surface area contributed by atoms with Crippen LogP contribution >= 0.6 is 35.3 Å². The Balaban J connectivity index is 0.00000264. The Kier molecular flexibility index (Phi) is 8.56. The molecule has 0 aromatic carbocycles. The molecule has 2 heterocycles. The number of nitrogens with one attached hydrogen (secondary N) is 3. The first-order chi connectivity index (χ1) is 10.7. The van der Waals surface area contributed by atoms with E-state index in [4.69, 9.17) is 0 Å². The van der Waals surface area contributed by atoms with Crippen molar-refractivity contribution in [3.8, 4) is 0 Å². The van der Waals surface area contributed by atoms with Crippen molar-refractivity contribution in [2.45, 2.75) is 13.5 Å². The molecule has 2 aromatic heterocycles. The van der Waals surface area contributed by atoms with E-state index in [1.807, 2.05) is 0 Å². The van der Waals surface area contributed by atoms with Crippen LogP contribution in [0, 0.1) is 6.92 Å². The average molecular weight is 445 g/mol.